The highest BCUT2D eigenvalue weighted by Crippen LogP contribution is 2.10. The van der Waals surface area contributed by atoms with Crippen molar-refractivity contribution in [3.63, 3.8) is 0 Å². The first-order chi connectivity index (χ1) is 10.2. The standard InChI is InChI=1S/C17H10ClNO2/c18-16-9-7-15(8-10-16)17(20)21-11-1-2-13-3-5-14(12-19)6-4-13/h3-10H,11H2. The van der Waals surface area contributed by atoms with Crippen molar-refractivity contribution >= 4 is 17.6 Å². The van der Waals surface area contributed by atoms with E-state index in [4.69, 9.17) is 21.6 Å². The van der Waals surface area contributed by atoms with Crippen molar-refractivity contribution < 1.29 is 9.53 Å². The molecule has 2 aromatic carbocycles. The van der Waals surface area contributed by atoms with Crippen LogP contribution in [0.2, 0.25) is 5.02 Å². The molecule has 102 valence electrons. The Bertz CT molecular complexity index is 732. The molecule has 21 heavy (non-hydrogen) atoms. The lowest BCUT2D eigenvalue weighted by atomic mass is 10.1. The average molecular weight is 296 g/mol. The summed E-state index contributed by atoms with van der Waals surface area (Å²) in [5, 5.41) is 9.24. The molecule has 0 bridgehead atoms. The summed E-state index contributed by atoms with van der Waals surface area (Å²) in [6.07, 6.45) is 0. The largest absolute Gasteiger partial charge is 0.449 e. The number of esters is 1. The molecule has 2 rings (SSSR count). The molecule has 0 fully saturated rings. The maximum absolute atomic E-state index is 11.7. The van der Waals surface area contributed by atoms with E-state index >= 15 is 0 Å². The van der Waals surface area contributed by atoms with Crippen molar-refractivity contribution in [3.05, 3.63) is 70.2 Å². The fourth-order valence-corrected chi connectivity index (χ4v) is 1.66. The molecule has 2 aromatic rings. The highest BCUT2D eigenvalue weighted by atomic mass is 35.5. The summed E-state index contributed by atoms with van der Waals surface area (Å²) in [6.45, 7) is 0.00145. The summed E-state index contributed by atoms with van der Waals surface area (Å²) in [6, 6.07) is 15.3. The van der Waals surface area contributed by atoms with Gasteiger partial charge in [-0.25, -0.2) is 4.79 Å². The first-order valence-electron chi connectivity index (χ1n) is 6.11. The third-order valence-electron chi connectivity index (χ3n) is 2.60. The van der Waals surface area contributed by atoms with Gasteiger partial charge in [0, 0.05) is 10.6 Å². The van der Waals surface area contributed by atoms with Gasteiger partial charge < -0.3 is 4.74 Å². The first kappa shape index (κ1) is 14.7. The van der Waals surface area contributed by atoms with Gasteiger partial charge in [-0.3, -0.25) is 0 Å². The molecule has 0 amide bonds. The molecule has 3 nitrogen and oxygen atoms in total. The summed E-state index contributed by atoms with van der Waals surface area (Å²) in [7, 11) is 0. The van der Waals surface area contributed by atoms with Gasteiger partial charge in [0.1, 0.15) is 0 Å². The van der Waals surface area contributed by atoms with Crippen LogP contribution in [0.25, 0.3) is 0 Å². The third kappa shape index (κ3) is 4.38. The predicted octanol–water partition coefficient (Wildman–Crippen LogP) is 3.42. The number of nitriles is 1. The Morgan fingerprint density at radius 1 is 1.05 bits per heavy atom. The molecule has 0 heterocycles. The second kappa shape index (κ2) is 7.14. The van der Waals surface area contributed by atoms with E-state index < -0.39 is 5.97 Å². The number of halogens is 1. The van der Waals surface area contributed by atoms with Crippen LogP contribution in [0.3, 0.4) is 0 Å². The van der Waals surface area contributed by atoms with Crippen LogP contribution in [0.1, 0.15) is 21.5 Å². The molecule has 4 heteroatoms. The number of rotatable bonds is 2. The lowest BCUT2D eigenvalue weighted by Gasteiger charge is -2.00. The summed E-state index contributed by atoms with van der Waals surface area (Å²) in [5.41, 5.74) is 1.77. The van der Waals surface area contributed by atoms with Crippen LogP contribution < -0.4 is 0 Å². The van der Waals surface area contributed by atoms with Gasteiger partial charge in [-0.05, 0) is 48.5 Å². The highest BCUT2D eigenvalue weighted by molar-refractivity contribution is 6.30. The Balaban J connectivity index is 1.89. The summed E-state index contributed by atoms with van der Waals surface area (Å²) < 4.78 is 5.03. The van der Waals surface area contributed by atoms with Crippen molar-refractivity contribution in [1.29, 1.82) is 5.26 Å². The summed E-state index contributed by atoms with van der Waals surface area (Å²) in [4.78, 5) is 11.7. The maximum Gasteiger partial charge on any atom is 0.339 e. The third-order valence-corrected chi connectivity index (χ3v) is 2.85. The number of carbonyl (C=O) groups excluding carboxylic acids is 1. The molecule has 0 N–H and O–H groups in total. The summed E-state index contributed by atoms with van der Waals surface area (Å²) >= 11 is 5.74. The number of carbonyl (C=O) groups is 1. The van der Waals surface area contributed by atoms with Gasteiger partial charge in [-0.15, -0.1) is 0 Å². The molecular formula is C17H10ClNO2. The predicted molar refractivity (Wildman–Crippen MR) is 79.8 cm³/mol. The van der Waals surface area contributed by atoms with E-state index in [0.29, 0.717) is 16.1 Å². The van der Waals surface area contributed by atoms with E-state index in [-0.39, 0.29) is 6.61 Å². The van der Waals surface area contributed by atoms with E-state index in [9.17, 15) is 4.79 Å². The molecule has 0 saturated carbocycles. The quantitative estimate of drug-likeness (QED) is 0.630. The minimum absolute atomic E-state index is 0.00145. The molecular weight excluding hydrogens is 286 g/mol. The number of benzene rings is 2. The van der Waals surface area contributed by atoms with Gasteiger partial charge in [0.25, 0.3) is 0 Å². The Hall–Kier alpha value is -2.75. The van der Waals surface area contributed by atoms with Crippen molar-refractivity contribution in [2.24, 2.45) is 0 Å². The maximum atomic E-state index is 11.7. The number of nitrogens with zero attached hydrogens (tertiary/aromatic N) is 1. The molecule has 0 aromatic heterocycles. The normalized spacial score (nSPS) is 9.14. The van der Waals surface area contributed by atoms with E-state index in [0.717, 1.165) is 5.56 Å². The van der Waals surface area contributed by atoms with Crippen LogP contribution in [-0.2, 0) is 4.74 Å². The zero-order chi connectivity index (χ0) is 15.1. The van der Waals surface area contributed by atoms with E-state index in [1.807, 2.05) is 6.07 Å². The second-order valence-electron chi connectivity index (χ2n) is 4.07. The average Bonchev–Trinajstić information content (AvgIpc) is 2.52. The first-order valence-corrected chi connectivity index (χ1v) is 6.48. The van der Waals surface area contributed by atoms with Crippen molar-refractivity contribution in [1.82, 2.24) is 0 Å². The fraction of sp³-hybridized carbons (Fsp3) is 0.0588. The van der Waals surface area contributed by atoms with Gasteiger partial charge in [0.2, 0.25) is 0 Å². The van der Waals surface area contributed by atoms with E-state index in [1.165, 1.54) is 0 Å². The summed E-state index contributed by atoms with van der Waals surface area (Å²) in [5.74, 6) is 5.16. The van der Waals surface area contributed by atoms with Crippen LogP contribution in [0.15, 0.2) is 48.5 Å². The Morgan fingerprint density at radius 2 is 1.67 bits per heavy atom. The molecule has 0 radical (unpaired) electrons. The lowest BCUT2D eigenvalue weighted by Crippen LogP contribution is -2.04. The minimum Gasteiger partial charge on any atom is -0.449 e. The molecule has 0 aliphatic rings. The fourth-order valence-electron chi connectivity index (χ4n) is 1.54. The van der Waals surface area contributed by atoms with Crippen molar-refractivity contribution in [2.75, 3.05) is 6.61 Å². The Labute approximate surface area is 127 Å². The van der Waals surface area contributed by atoms with E-state index in [2.05, 4.69) is 11.8 Å². The van der Waals surface area contributed by atoms with Crippen LogP contribution in [0.4, 0.5) is 0 Å². The smallest absolute Gasteiger partial charge is 0.339 e. The number of ether oxygens (including phenoxy) is 1. The van der Waals surface area contributed by atoms with Gasteiger partial charge in [0.15, 0.2) is 6.61 Å². The van der Waals surface area contributed by atoms with Crippen molar-refractivity contribution in [3.8, 4) is 17.9 Å². The second-order valence-corrected chi connectivity index (χ2v) is 4.51. The Kier molecular flexibility index (Phi) is 4.99. The highest BCUT2D eigenvalue weighted by Gasteiger charge is 2.05. The van der Waals surface area contributed by atoms with Crippen LogP contribution in [-0.4, -0.2) is 12.6 Å². The monoisotopic (exact) mass is 295 g/mol. The van der Waals surface area contributed by atoms with Gasteiger partial charge >= 0.3 is 5.97 Å². The SMILES string of the molecule is N#Cc1ccc(C#CCOC(=O)c2ccc(Cl)cc2)cc1. The lowest BCUT2D eigenvalue weighted by molar-refractivity contribution is 0.0556. The van der Waals surface area contributed by atoms with Gasteiger partial charge in [-0.2, -0.15) is 5.26 Å². The minimum atomic E-state index is -0.444. The number of hydrogen-bond donors (Lipinski definition) is 0. The zero-order valence-electron chi connectivity index (χ0n) is 11.0. The molecule has 0 aliphatic carbocycles. The molecule has 0 spiro atoms. The molecule has 0 unspecified atom stereocenters. The molecule has 0 atom stereocenters. The van der Waals surface area contributed by atoms with Crippen LogP contribution in [0, 0.1) is 23.2 Å². The van der Waals surface area contributed by atoms with Gasteiger partial charge in [-0.1, -0.05) is 23.4 Å². The zero-order valence-corrected chi connectivity index (χ0v) is 11.7. The molecule has 0 aliphatic heterocycles. The molecule has 0 saturated heterocycles. The topological polar surface area (TPSA) is 50.1 Å². The number of hydrogen-bond acceptors (Lipinski definition) is 3. The van der Waals surface area contributed by atoms with Gasteiger partial charge in [0.05, 0.1) is 17.2 Å². The van der Waals surface area contributed by atoms with Crippen LogP contribution in [0.5, 0.6) is 0 Å². The van der Waals surface area contributed by atoms with Crippen molar-refractivity contribution in [2.45, 2.75) is 0 Å². The Morgan fingerprint density at radius 3 is 2.29 bits per heavy atom. The van der Waals surface area contributed by atoms with E-state index in [1.54, 1.807) is 48.5 Å². The van der Waals surface area contributed by atoms with Crippen LogP contribution >= 0.6 is 11.6 Å².